The van der Waals surface area contributed by atoms with E-state index in [0.29, 0.717) is 21.0 Å². The van der Waals surface area contributed by atoms with E-state index in [1.165, 1.54) is 25.2 Å². The summed E-state index contributed by atoms with van der Waals surface area (Å²) in [6.45, 7) is 1.61. The maximum Gasteiger partial charge on any atom is 0.269 e. The van der Waals surface area contributed by atoms with Gasteiger partial charge in [0.25, 0.3) is 15.9 Å². The lowest BCUT2D eigenvalue weighted by molar-refractivity contribution is 0.432. The third kappa shape index (κ3) is 3.60. The first-order chi connectivity index (χ1) is 14.3. The molecule has 4 rings (SSSR count). The van der Waals surface area contributed by atoms with Crippen LogP contribution in [0.4, 0.5) is 10.1 Å². The molecule has 6 nitrogen and oxygen atoms in total. The number of sulfonamides is 1. The molecular weight excluding hydrogens is 449 g/mol. The lowest BCUT2D eigenvalue weighted by atomic mass is 10.2. The van der Waals surface area contributed by atoms with Crippen LogP contribution in [0, 0.1) is 12.7 Å². The number of hydrogen-bond acceptors (Lipinski definition) is 6. The molecule has 0 N–H and O–H groups in total. The second-order valence-corrected chi connectivity index (χ2v) is 9.68. The monoisotopic (exact) mass is 463 g/mol. The normalized spacial score (nSPS) is 11.6. The van der Waals surface area contributed by atoms with Gasteiger partial charge < -0.3 is 4.52 Å². The van der Waals surface area contributed by atoms with Crippen molar-refractivity contribution < 1.29 is 17.3 Å². The predicted molar refractivity (Wildman–Crippen MR) is 115 cm³/mol. The molecule has 0 unspecified atom stereocenters. The summed E-state index contributed by atoms with van der Waals surface area (Å²) in [5, 5.41) is 5.99. The van der Waals surface area contributed by atoms with Crippen LogP contribution in [0.1, 0.15) is 5.56 Å². The van der Waals surface area contributed by atoms with Crippen molar-refractivity contribution in [3.05, 3.63) is 70.3 Å². The van der Waals surface area contributed by atoms with Crippen LogP contribution in [0.2, 0.25) is 5.02 Å². The maximum absolute atomic E-state index is 13.9. The molecule has 0 bridgehead atoms. The highest BCUT2D eigenvalue weighted by Gasteiger charge is 2.29. The zero-order chi connectivity index (χ0) is 21.5. The van der Waals surface area contributed by atoms with E-state index in [1.54, 1.807) is 42.6 Å². The van der Waals surface area contributed by atoms with Gasteiger partial charge in [-0.3, -0.25) is 4.31 Å². The molecule has 2 heterocycles. The fraction of sp³-hybridized carbons (Fsp3) is 0.100. The minimum atomic E-state index is -4.00. The molecule has 0 aliphatic carbocycles. The largest absolute Gasteiger partial charge is 0.333 e. The third-order valence-corrected chi connectivity index (χ3v) is 7.71. The molecule has 4 aromatic rings. The Morgan fingerprint density at radius 3 is 2.67 bits per heavy atom. The van der Waals surface area contributed by atoms with Crippen LogP contribution in [-0.2, 0) is 10.0 Å². The van der Waals surface area contributed by atoms with Gasteiger partial charge in [0.15, 0.2) is 0 Å². The summed E-state index contributed by atoms with van der Waals surface area (Å²) >= 11 is 7.33. The molecule has 2 aromatic carbocycles. The Morgan fingerprint density at radius 1 is 1.17 bits per heavy atom. The Balaban J connectivity index is 1.73. The van der Waals surface area contributed by atoms with Crippen molar-refractivity contribution in [1.82, 2.24) is 10.1 Å². The van der Waals surface area contributed by atoms with Gasteiger partial charge in [0.05, 0.1) is 10.7 Å². The molecule has 0 aliphatic rings. The molecule has 0 radical (unpaired) electrons. The average molecular weight is 464 g/mol. The Labute approximate surface area is 181 Å². The Morgan fingerprint density at radius 2 is 1.93 bits per heavy atom. The fourth-order valence-electron chi connectivity index (χ4n) is 2.79. The SMILES string of the molecule is Cc1ccc(N(C)S(=O)(=O)c2ccsc2-c2nc(-c3ccccc3Cl)no2)cc1F. The molecular formula is C20H15ClFN3O3S2. The average Bonchev–Trinajstić information content (AvgIpc) is 3.39. The summed E-state index contributed by atoms with van der Waals surface area (Å²) in [4.78, 5) is 4.60. The van der Waals surface area contributed by atoms with Crippen LogP contribution >= 0.6 is 22.9 Å². The summed E-state index contributed by atoms with van der Waals surface area (Å²) in [6, 6.07) is 12.7. The zero-order valence-electron chi connectivity index (χ0n) is 15.8. The molecule has 0 amide bonds. The number of aromatic nitrogens is 2. The van der Waals surface area contributed by atoms with E-state index in [0.717, 1.165) is 15.6 Å². The highest BCUT2D eigenvalue weighted by atomic mass is 35.5. The van der Waals surface area contributed by atoms with Gasteiger partial charge in [-0.2, -0.15) is 4.98 Å². The molecule has 154 valence electrons. The first kappa shape index (κ1) is 20.5. The van der Waals surface area contributed by atoms with Crippen LogP contribution < -0.4 is 4.31 Å². The van der Waals surface area contributed by atoms with Crippen molar-refractivity contribution in [2.75, 3.05) is 11.4 Å². The van der Waals surface area contributed by atoms with Gasteiger partial charge >= 0.3 is 0 Å². The lowest BCUT2D eigenvalue weighted by Crippen LogP contribution is -2.26. The third-order valence-electron chi connectivity index (χ3n) is 4.52. The van der Waals surface area contributed by atoms with E-state index < -0.39 is 15.8 Å². The molecule has 0 aliphatic heterocycles. The summed E-state index contributed by atoms with van der Waals surface area (Å²) < 4.78 is 46.7. The second-order valence-electron chi connectivity index (χ2n) is 6.42. The first-order valence-electron chi connectivity index (χ1n) is 8.70. The minimum absolute atomic E-state index is 0.00894. The Hall–Kier alpha value is -2.75. The highest BCUT2D eigenvalue weighted by molar-refractivity contribution is 7.93. The van der Waals surface area contributed by atoms with E-state index >= 15 is 0 Å². The van der Waals surface area contributed by atoms with E-state index in [1.807, 2.05) is 0 Å². The van der Waals surface area contributed by atoms with E-state index in [2.05, 4.69) is 10.1 Å². The van der Waals surface area contributed by atoms with Gasteiger partial charge in [-0.05, 0) is 48.2 Å². The smallest absolute Gasteiger partial charge is 0.269 e. The van der Waals surface area contributed by atoms with Gasteiger partial charge in [-0.25, -0.2) is 12.8 Å². The second kappa shape index (κ2) is 7.82. The van der Waals surface area contributed by atoms with Crippen LogP contribution in [0.3, 0.4) is 0 Å². The van der Waals surface area contributed by atoms with Crippen molar-refractivity contribution in [3.63, 3.8) is 0 Å². The molecule has 0 saturated carbocycles. The van der Waals surface area contributed by atoms with Crippen LogP contribution in [0.5, 0.6) is 0 Å². The number of benzene rings is 2. The highest BCUT2D eigenvalue weighted by Crippen LogP contribution is 2.36. The van der Waals surface area contributed by atoms with Crippen molar-refractivity contribution in [3.8, 4) is 22.2 Å². The fourth-order valence-corrected chi connectivity index (χ4v) is 5.51. The Bertz CT molecular complexity index is 1330. The standard InChI is InChI=1S/C20H15ClFN3O3S2/c1-12-7-8-13(11-16(12)22)25(2)30(26,27)17-9-10-29-18(17)20-23-19(24-28-20)14-5-3-4-6-15(14)21/h3-11H,1-2H3. The molecule has 0 atom stereocenters. The number of thiophene rings is 1. The predicted octanol–water partition coefficient (Wildman–Crippen LogP) is 5.39. The topological polar surface area (TPSA) is 76.3 Å². The molecule has 0 fully saturated rings. The summed E-state index contributed by atoms with van der Waals surface area (Å²) in [5.74, 6) is -0.176. The van der Waals surface area contributed by atoms with Gasteiger partial charge in [0.1, 0.15) is 15.6 Å². The van der Waals surface area contributed by atoms with Crippen LogP contribution in [-0.4, -0.2) is 25.6 Å². The van der Waals surface area contributed by atoms with Gasteiger partial charge in [0, 0.05) is 12.6 Å². The van der Waals surface area contributed by atoms with Crippen molar-refractivity contribution in [2.45, 2.75) is 11.8 Å². The number of halogens is 2. The van der Waals surface area contributed by atoms with Crippen molar-refractivity contribution >= 4 is 38.6 Å². The molecule has 10 heteroatoms. The van der Waals surface area contributed by atoms with Crippen LogP contribution in [0.25, 0.3) is 22.2 Å². The van der Waals surface area contributed by atoms with E-state index in [9.17, 15) is 12.8 Å². The minimum Gasteiger partial charge on any atom is -0.333 e. The van der Waals surface area contributed by atoms with Gasteiger partial charge in [0.2, 0.25) is 5.82 Å². The number of aryl methyl sites for hydroxylation is 1. The molecule has 2 aromatic heterocycles. The summed E-state index contributed by atoms with van der Waals surface area (Å²) in [5.41, 5.74) is 1.21. The molecule has 0 saturated heterocycles. The van der Waals surface area contributed by atoms with Gasteiger partial charge in [-0.1, -0.05) is 35.0 Å². The zero-order valence-corrected chi connectivity index (χ0v) is 18.2. The molecule has 30 heavy (non-hydrogen) atoms. The van der Waals surface area contributed by atoms with E-state index in [-0.39, 0.29) is 22.3 Å². The van der Waals surface area contributed by atoms with Crippen molar-refractivity contribution in [1.29, 1.82) is 0 Å². The lowest BCUT2D eigenvalue weighted by Gasteiger charge is -2.19. The molecule has 0 spiro atoms. The number of rotatable bonds is 5. The number of hydrogen-bond donors (Lipinski definition) is 0. The van der Waals surface area contributed by atoms with E-state index in [4.69, 9.17) is 16.1 Å². The quantitative estimate of drug-likeness (QED) is 0.396. The number of anilines is 1. The first-order valence-corrected chi connectivity index (χ1v) is 11.4. The summed E-state index contributed by atoms with van der Waals surface area (Å²) in [6.07, 6.45) is 0. The summed E-state index contributed by atoms with van der Waals surface area (Å²) in [7, 11) is -2.63. The number of nitrogens with zero attached hydrogens (tertiary/aromatic N) is 3. The Kier molecular flexibility index (Phi) is 5.35. The maximum atomic E-state index is 13.9. The van der Waals surface area contributed by atoms with Gasteiger partial charge in [-0.15, -0.1) is 11.3 Å². The van der Waals surface area contributed by atoms with Crippen LogP contribution in [0.15, 0.2) is 63.3 Å². The van der Waals surface area contributed by atoms with Crippen molar-refractivity contribution in [2.24, 2.45) is 0 Å².